The number of anilines is 1. The Balaban J connectivity index is 1.27. The number of nitrogens with zero attached hydrogens (tertiary/aromatic N) is 4. The molecule has 2 atom stereocenters. The highest BCUT2D eigenvalue weighted by Crippen LogP contribution is 2.41. The van der Waals surface area contributed by atoms with Gasteiger partial charge in [-0.15, -0.1) is 0 Å². The van der Waals surface area contributed by atoms with E-state index in [1.807, 2.05) is 0 Å². The van der Waals surface area contributed by atoms with E-state index in [1.165, 1.54) is 12.3 Å². The normalized spacial score (nSPS) is 24.8. The summed E-state index contributed by atoms with van der Waals surface area (Å²) in [7, 11) is -4.03. The Hall–Kier alpha value is -2.96. The summed E-state index contributed by atoms with van der Waals surface area (Å²) in [6, 6.07) is 6.57. The lowest BCUT2D eigenvalue weighted by Crippen LogP contribution is -2.62. The molecular formula is C23H21F3N4O4S. The first-order chi connectivity index (χ1) is 16.8. The number of fused-ring (bicyclic) bond motifs is 2. The fraction of sp³-hybridized carbons (Fsp3) is 0.391. The van der Waals surface area contributed by atoms with Gasteiger partial charge in [-0.05, 0) is 23.8 Å². The second kappa shape index (κ2) is 8.04. The summed E-state index contributed by atoms with van der Waals surface area (Å²) < 4.78 is 82.4. The number of hydrogen-bond acceptors (Lipinski definition) is 7. The molecule has 0 saturated carbocycles. The molecule has 3 aliphatic heterocycles. The summed E-state index contributed by atoms with van der Waals surface area (Å²) >= 11 is 0. The number of aromatic nitrogens is 2. The molecule has 8 nitrogen and oxygen atoms in total. The van der Waals surface area contributed by atoms with Gasteiger partial charge in [0.2, 0.25) is 10.0 Å². The minimum absolute atomic E-state index is 0.0386. The van der Waals surface area contributed by atoms with Gasteiger partial charge in [0.05, 0.1) is 41.9 Å². The number of hydrogen-bond donors (Lipinski definition) is 0. The van der Waals surface area contributed by atoms with Gasteiger partial charge in [0.15, 0.2) is 23.5 Å². The van der Waals surface area contributed by atoms with E-state index < -0.39 is 33.6 Å². The van der Waals surface area contributed by atoms with E-state index >= 15 is 4.39 Å². The molecule has 0 aliphatic carbocycles. The van der Waals surface area contributed by atoms with Crippen LogP contribution in [0.3, 0.4) is 0 Å². The van der Waals surface area contributed by atoms with E-state index in [0.29, 0.717) is 18.8 Å². The van der Waals surface area contributed by atoms with Crippen LogP contribution in [0, 0.1) is 11.6 Å². The third kappa shape index (κ3) is 3.54. The lowest BCUT2D eigenvalue weighted by molar-refractivity contribution is -0.116. The lowest BCUT2D eigenvalue weighted by atomic mass is 9.98. The number of benzene rings is 2. The van der Waals surface area contributed by atoms with Crippen LogP contribution < -0.4 is 9.64 Å². The van der Waals surface area contributed by atoms with Crippen LogP contribution in [0.4, 0.5) is 19.0 Å². The Morgan fingerprint density at radius 2 is 1.86 bits per heavy atom. The molecule has 184 valence electrons. The Bertz CT molecular complexity index is 1440. The Labute approximate surface area is 199 Å². The summed E-state index contributed by atoms with van der Waals surface area (Å²) in [5, 5.41) is 0. The van der Waals surface area contributed by atoms with Crippen molar-refractivity contribution in [3.63, 3.8) is 0 Å². The van der Waals surface area contributed by atoms with Crippen LogP contribution >= 0.6 is 0 Å². The summed E-state index contributed by atoms with van der Waals surface area (Å²) in [6.07, 6.45) is 0.346. The lowest BCUT2D eigenvalue weighted by Gasteiger charge is -2.45. The highest BCUT2D eigenvalue weighted by Gasteiger charge is 2.57. The predicted octanol–water partition coefficient (Wildman–Crippen LogP) is 2.81. The second-order valence-electron chi connectivity index (χ2n) is 8.79. The van der Waals surface area contributed by atoms with E-state index in [9.17, 15) is 17.2 Å². The van der Waals surface area contributed by atoms with Crippen LogP contribution in [-0.2, 0) is 21.2 Å². The molecule has 35 heavy (non-hydrogen) atoms. The van der Waals surface area contributed by atoms with Crippen molar-refractivity contribution in [1.29, 1.82) is 0 Å². The van der Waals surface area contributed by atoms with E-state index in [1.54, 1.807) is 17.0 Å². The van der Waals surface area contributed by atoms with Gasteiger partial charge in [-0.3, -0.25) is 4.98 Å². The molecular weight excluding hydrogens is 485 g/mol. The van der Waals surface area contributed by atoms with E-state index in [4.69, 9.17) is 9.47 Å². The van der Waals surface area contributed by atoms with Crippen molar-refractivity contribution in [3.05, 3.63) is 53.7 Å². The molecule has 2 aromatic carbocycles. The molecule has 0 bridgehead atoms. The molecule has 2 fully saturated rings. The third-order valence-corrected chi connectivity index (χ3v) is 8.74. The highest BCUT2D eigenvalue weighted by molar-refractivity contribution is 7.89. The van der Waals surface area contributed by atoms with Gasteiger partial charge < -0.3 is 14.4 Å². The first-order valence-corrected chi connectivity index (χ1v) is 12.7. The van der Waals surface area contributed by atoms with Crippen molar-refractivity contribution < 1.29 is 31.1 Å². The van der Waals surface area contributed by atoms with Crippen LogP contribution in [0.1, 0.15) is 12.0 Å². The van der Waals surface area contributed by atoms with Gasteiger partial charge in [-0.2, -0.15) is 4.31 Å². The van der Waals surface area contributed by atoms with Crippen molar-refractivity contribution in [1.82, 2.24) is 14.3 Å². The molecule has 1 aromatic heterocycles. The first-order valence-electron chi connectivity index (χ1n) is 11.2. The monoisotopic (exact) mass is 506 g/mol. The SMILES string of the molecule is O=S(=O)(c1ccc2c(c1)CCO2)N1CCO[C@]12CCN(c1cnc3cc(F)c(F)cc3n1)C[C@H]2F. The molecule has 2 saturated heterocycles. The Morgan fingerprint density at radius 1 is 1.06 bits per heavy atom. The smallest absolute Gasteiger partial charge is 0.245 e. The van der Waals surface area contributed by atoms with Crippen molar-refractivity contribution in [2.24, 2.45) is 0 Å². The number of piperidine rings is 1. The zero-order valence-electron chi connectivity index (χ0n) is 18.5. The Kier molecular flexibility index (Phi) is 5.17. The molecule has 0 unspecified atom stereocenters. The number of rotatable bonds is 3. The van der Waals surface area contributed by atoms with Crippen molar-refractivity contribution in [3.8, 4) is 5.75 Å². The molecule has 0 N–H and O–H groups in total. The molecule has 4 heterocycles. The maximum absolute atomic E-state index is 15.8. The fourth-order valence-corrected chi connectivity index (χ4v) is 6.79. The number of sulfonamides is 1. The molecule has 3 aromatic rings. The van der Waals surface area contributed by atoms with Crippen LogP contribution in [0.15, 0.2) is 41.4 Å². The molecule has 12 heteroatoms. The van der Waals surface area contributed by atoms with E-state index in [2.05, 4.69) is 9.97 Å². The highest BCUT2D eigenvalue weighted by atomic mass is 32.2. The Morgan fingerprint density at radius 3 is 2.66 bits per heavy atom. The molecule has 0 amide bonds. The quantitative estimate of drug-likeness (QED) is 0.540. The zero-order valence-corrected chi connectivity index (χ0v) is 19.3. The predicted molar refractivity (Wildman–Crippen MR) is 119 cm³/mol. The summed E-state index contributed by atoms with van der Waals surface area (Å²) in [5.74, 6) is -1.14. The number of halogens is 3. The zero-order chi connectivity index (χ0) is 24.4. The minimum Gasteiger partial charge on any atom is -0.493 e. The number of alkyl halides is 1. The maximum atomic E-state index is 15.8. The average molecular weight is 507 g/mol. The molecule has 3 aliphatic rings. The van der Waals surface area contributed by atoms with Gasteiger partial charge in [-0.25, -0.2) is 26.6 Å². The molecule has 0 radical (unpaired) electrons. The van der Waals surface area contributed by atoms with Crippen molar-refractivity contribution in [2.75, 3.05) is 37.7 Å². The largest absolute Gasteiger partial charge is 0.493 e. The summed E-state index contributed by atoms with van der Waals surface area (Å²) in [4.78, 5) is 10.1. The van der Waals surface area contributed by atoms with Crippen LogP contribution in [-0.4, -0.2) is 67.4 Å². The van der Waals surface area contributed by atoms with Crippen LogP contribution in [0.5, 0.6) is 5.75 Å². The van der Waals surface area contributed by atoms with Gasteiger partial charge in [0.1, 0.15) is 11.6 Å². The minimum atomic E-state index is -4.03. The number of ether oxygens (including phenoxy) is 2. The van der Waals surface area contributed by atoms with Crippen molar-refractivity contribution in [2.45, 2.75) is 29.6 Å². The van der Waals surface area contributed by atoms with Crippen LogP contribution in [0.25, 0.3) is 11.0 Å². The van der Waals surface area contributed by atoms with Gasteiger partial charge in [0, 0.05) is 38.1 Å². The standard InChI is InChI=1S/C23H21F3N4O4S/c24-16-10-18-19(11-17(16)25)28-22(12-27-18)29-5-4-23(21(26)13-29)30(6-8-34-23)35(31,32)15-1-2-20-14(9-15)3-7-33-20/h1-2,9-12,21H,3-8,13H2/t21-,23+/m1/s1. The van der Waals surface area contributed by atoms with E-state index in [0.717, 1.165) is 22.0 Å². The van der Waals surface area contributed by atoms with Crippen molar-refractivity contribution >= 4 is 26.9 Å². The molecule has 1 spiro atoms. The second-order valence-corrected chi connectivity index (χ2v) is 10.6. The average Bonchev–Trinajstić information content (AvgIpc) is 3.49. The first kappa shape index (κ1) is 22.5. The third-order valence-electron chi connectivity index (χ3n) is 6.82. The summed E-state index contributed by atoms with van der Waals surface area (Å²) in [5.41, 5.74) is -0.518. The van der Waals surface area contributed by atoms with Crippen LogP contribution in [0.2, 0.25) is 0 Å². The topological polar surface area (TPSA) is 84.9 Å². The van der Waals surface area contributed by atoms with Gasteiger partial charge in [-0.1, -0.05) is 0 Å². The van der Waals surface area contributed by atoms with E-state index in [-0.39, 0.29) is 54.4 Å². The van der Waals surface area contributed by atoms with Gasteiger partial charge in [0.25, 0.3) is 0 Å². The van der Waals surface area contributed by atoms with Gasteiger partial charge >= 0.3 is 0 Å². The summed E-state index contributed by atoms with van der Waals surface area (Å²) in [6.45, 7) is 0.644. The maximum Gasteiger partial charge on any atom is 0.245 e. The fourth-order valence-electron chi connectivity index (χ4n) is 5.02. The molecule has 6 rings (SSSR count).